The van der Waals surface area contributed by atoms with Gasteiger partial charge in [-0.1, -0.05) is 32.3 Å². The number of ether oxygens (including phenoxy) is 2. The van der Waals surface area contributed by atoms with Crippen molar-refractivity contribution in [1.29, 1.82) is 0 Å². The highest BCUT2D eigenvalue weighted by Crippen LogP contribution is 2.37. The Labute approximate surface area is 121 Å². The smallest absolute Gasteiger partial charge is 0.161 e. The molecule has 1 heterocycles. The van der Waals surface area contributed by atoms with Gasteiger partial charge in [0.25, 0.3) is 0 Å². The predicted octanol–water partition coefficient (Wildman–Crippen LogP) is 3.69. The molecular weight excluding hydrogens is 250 g/mol. The van der Waals surface area contributed by atoms with Crippen molar-refractivity contribution in [2.24, 2.45) is 5.92 Å². The highest BCUT2D eigenvalue weighted by atomic mass is 16.5. The second kappa shape index (κ2) is 6.49. The summed E-state index contributed by atoms with van der Waals surface area (Å²) in [5.41, 5.74) is 1.34. The summed E-state index contributed by atoms with van der Waals surface area (Å²) in [5.74, 6) is 2.71. The molecule has 0 saturated heterocycles. The molecule has 1 aromatic carbocycles. The Balaban J connectivity index is 1.77. The molecule has 0 aromatic heterocycles. The van der Waals surface area contributed by atoms with Gasteiger partial charge in [0.15, 0.2) is 11.5 Å². The number of hydrogen-bond acceptors (Lipinski definition) is 3. The molecule has 3 rings (SSSR count). The average molecular weight is 275 g/mol. The molecule has 0 bridgehead atoms. The van der Waals surface area contributed by atoms with Gasteiger partial charge in [0.2, 0.25) is 0 Å². The Bertz CT molecular complexity index is 443. The van der Waals surface area contributed by atoms with E-state index in [1.807, 2.05) is 0 Å². The van der Waals surface area contributed by atoms with Crippen LogP contribution in [0, 0.1) is 5.92 Å². The van der Waals surface area contributed by atoms with Crippen LogP contribution in [-0.4, -0.2) is 19.8 Å². The Kier molecular flexibility index (Phi) is 4.46. The first-order valence-corrected chi connectivity index (χ1v) is 7.99. The van der Waals surface area contributed by atoms with Crippen LogP contribution in [-0.2, 0) is 0 Å². The van der Waals surface area contributed by atoms with Gasteiger partial charge in [-0.2, -0.15) is 0 Å². The maximum atomic E-state index is 5.81. The van der Waals surface area contributed by atoms with Crippen molar-refractivity contribution in [2.45, 2.75) is 45.1 Å². The number of rotatable bonds is 5. The number of fused-ring (bicyclic) bond motifs is 1. The van der Waals surface area contributed by atoms with Gasteiger partial charge in [-0.25, -0.2) is 0 Å². The largest absolute Gasteiger partial charge is 0.490 e. The molecule has 0 spiro atoms. The van der Waals surface area contributed by atoms with Crippen molar-refractivity contribution < 1.29 is 9.47 Å². The van der Waals surface area contributed by atoms with E-state index in [0.717, 1.165) is 43.6 Å². The van der Waals surface area contributed by atoms with E-state index in [1.54, 1.807) is 0 Å². The zero-order valence-corrected chi connectivity index (χ0v) is 12.4. The third-order valence-electron chi connectivity index (χ3n) is 4.42. The van der Waals surface area contributed by atoms with Crippen molar-refractivity contribution in [3.8, 4) is 11.5 Å². The SMILES string of the molecule is CCNC(CC1CCC1)c1ccc2c(c1)OCCCO2. The zero-order chi connectivity index (χ0) is 13.8. The first-order valence-electron chi connectivity index (χ1n) is 7.99. The molecule has 3 nitrogen and oxygen atoms in total. The maximum Gasteiger partial charge on any atom is 0.161 e. The topological polar surface area (TPSA) is 30.5 Å². The minimum Gasteiger partial charge on any atom is -0.490 e. The average Bonchev–Trinajstić information content (AvgIpc) is 2.65. The quantitative estimate of drug-likeness (QED) is 0.889. The fourth-order valence-electron chi connectivity index (χ4n) is 3.04. The molecule has 1 aliphatic carbocycles. The van der Waals surface area contributed by atoms with Gasteiger partial charge in [0, 0.05) is 12.5 Å². The fourth-order valence-corrected chi connectivity index (χ4v) is 3.04. The van der Waals surface area contributed by atoms with Crippen molar-refractivity contribution >= 4 is 0 Å². The summed E-state index contributed by atoms with van der Waals surface area (Å²) in [7, 11) is 0. The Hall–Kier alpha value is -1.22. The minimum atomic E-state index is 0.447. The third kappa shape index (κ3) is 3.09. The van der Waals surface area contributed by atoms with Gasteiger partial charge >= 0.3 is 0 Å². The Morgan fingerprint density at radius 2 is 1.95 bits per heavy atom. The van der Waals surface area contributed by atoms with Crippen molar-refractivity contribution in [3.05, 3.63) is 23.8 Å². The van der Waals surface area contributed by atoms with E-state index in [9.17, 15) is 0 Å². The molecule has 1 aliphatic heterocycles. The number of nitrogens with one attached hydrogen (secondary N) is 1. The van der Waals surface area contributed by atoms with E-state index in [-0.39, 0.29) is 0 Å². The van der Waals surface area contributed by atoms with Gasteiger partial charge < -0.3 is 14.8 Å². The van der Waals surface area contributed by atoms with E-state index < -0.39 is 0 Å². The van der Waals surface area contributed by atoms with Crippen LogP contribution in [0.5, 0.6) is 11.5 Å². The van der Waals surface area contributed by atoms with Crippen molar-refractivity contribution in [3.63, 3.8) is 0 Å². The molecule has 1 saturated carbocycles. The first kappa shape index (κ1) is 13.7. The predicted molar refractivity (Wildman–Crippen MR) is 80.4 cm³/mol. The van der Waals surface area contributed by atoms with E-state index in [4.69, 9.17) is 9.47 Å². The van der Waals surface area contributed by atoms with Crippen molar-refractivity contribution in [1.82, 2.24) is 5.32 Å². The van der Waals surface area contributed by atoms with Gasteiger partial charge in [0.05, 0.1) is 13.2 Å². The summed E-state index contributed by atoms with van der Waals surface area (Å²) in [6.07, 6.45) is 6.40. The molecule has 110 valence electrons. The van der Waals surface area contributed by atoms with Crippen LogP contribution < -0.4 is 14.8 Å². The van der Waals surface area contributed by atoms with Crippen LogP contribution in [0.15, 0.2) is 18.2 Å². The summed E-state index contributed by atoms with van der Waals surface area (Å²) in [5, 5.41) is 3.62. The first-order chi connectivity index (χ1) is 9.86. The molecule has 1 atom stereocenters. The molecule has 1 N–H and O–H groups in total. The van der Waals surface area contributed by atoms with Crippen LogP contribution in [0.4, 0.5) is 0 Å². The Morgan fingerprint density at radius 3 is 2.65 bits per heavy atom. The fraction of sp³-hybridized carbons (Fsp3) is 0.647. The molecule has 3 heteroatoms. The van der Waals surface area contributed by atoms with Crippen LogP contribution in [0.1, 0.15) is 50.6 Å². The van der Waals surface area contributed by atoms with E-state index in [0.29, 0.717) is 6.04 Å². The molecule has 1 unspecified atom stereocenters. The zero-order valence-electron chi connectivity index (χ0n) is 12.4. The van der Waals surface area contributed by atoms with E-state index in [1.165, 1.54) is 31.2 Å². The van der Waals surface area contributed by atoms with E-state index >= 15 is 0 Å². The van der Waals surface area contributed by atoms with Crippen LogP contribution in [0.25, 0.3) is 0 Å². The van der Waals surface area contributed by atoms with Crippen LogP contribution in [0.2, 0.25) is 0 Å². The maximum absolute atomic E-state index is 5.81. The normalized spacial score (nSPS) is 20.1. The molecule has 2 aliphatic rings. The molecular formula is C17H25NO2. The van der Waals surface area contributed by atoms with Gasteiger partial charge in [-0.05, 0) is 36.6 Å². The molecule has 1 aromatic rings. The highest BCUT2D eigenvalue weighted by Gasteiger charge is 2.23. The summed E-state index contributed by atoms with van der Waals surface area (Å²) < 4.78 is 11.5. The summed E-state index contributed by atoms with van der Waals surface area (Å²) >= 11 is 0. The Morgan fingerprint density at radius 1 is 1.15 bits per heavy atom. The molecule has 20 heavy (non-hydrogen) atoms. The molecule has 0 radical (unpaired) electrons. The van der Waals surface area contributed by atoms with Gasteiger partial charge in [-0.3, -0.25) is 0 Å². The monoisotopic (exact) mass is 275 g/mol. The molecule has 0 amide bonds. The van der Waals surface area contributed by atoms with Crippen molar-refractivity contribution in [2.75, 3.05) is 19.8 Å². The number of hydrogen-bond donors (Lipinski definition) is 1. The van der Waals surface area contributed by atoms with Gasteiger partial charge in [-0.15, -0.1) is 0 Å². The summed E-state index contributed by atoms with van der Waals surface area (Å²) in [6, 6.07) is 6.88. The lowest BCUT2D eigenvalue weighted by atomic mass is 9.79. The van der Waals surface area contributed by atoms with Crippen LogP contribution >= 0.6 is 0 Å². The lowest BCUT2D eigenvalue weighted by Gasteiger charge is -2.30. The lowest BCUT2D eigenvalue weighted by Crippen LogP contribution is -2.25. The summed E-state index contributed by atoms with van der Waals surface area (Å²) in [6.45, 7) is 4.69. The second-order valence-corrected chi connectivity index (χ2v) is 5.90. The minimum absolute atomic E-state index is 0.447. The standard InChI is InChI=1S/C17H25NO2/c1-2-18-15(11-13-5-3-6-13)14-7-8-16-17(12-14)20-10-4-9-19-16/h7-8,12-13,15,18H,2-6,9-11H2,1H3. The third-order valence-corrected chi connectivity index (χ3v) is 4.42. The highest BCUT2D eigenvalue weighted by molar-refractivity contribution is 5.44. The van der Waals surface area contributed by atoms with Crippen LogP contribution in [0.3, 0.4) is 0 Å². The van der Waals surface area contributed by atoms with E-state index in [2.05, 4.69) is 30.4 Å². The summed E-state index contributed by atoms with van der Waals surface area (Å²) in [4.78, 5) is 0. The van der Waals surface area contributed by atoms with Gasteiger partial charge in [0.1, 0.15) is 0 Å². The molecule has 1 fully saturated rings. The second-order valence-electron chi connectivity index (χ2n) is 5.90. The lowest BCUT2D eigenvalue weighted by molar-refractivity contribution is 0.262. The number of benzene rings is 1.